The Morgan fingerprint density at radius 3 is 2.14 bits per heavy atom. The largest absolute Gasteiger partial charge is 0.493 e. The number of hydrogen-bond donors (Lipinski definition) is 0. The third-order valence-corrected chi connectivity index (χ3v) is 9.35. The van der Waals surface area contributed by atoms with Gasteiger partial charge < -0.3 is 9.64 Å². The molecule has 1 unspecified atom stereocenters. The molecule has 1 aromatic carbocycles. The minimum atomic E-state index is -4.22. The van der Waals surface area contributed by atoms with E-state index in [1.54, 1.807) is 18.2 Å². The van der Waals surface area contributed by atoms with Crippen LogP contribution < -0.4 is 9.64 Å². The zero-order chi connectivity index (χ0) is 32.7. The Balaban J connectivity index is 2.66. The predicted octanol–water partition coefficient (Wildman–Crippen LogP) is 7.01. The van der Waals surface area contributed by atoms with Crippen molar-refractivity contribution >= 4 is 27.7 Å². The van der Waals surface area contributed by atoms with E-state index < -0.39 is 33.0 Å². The van der Waals surface area contributed by atoms with Gasteiger partial charge in [-0.25, -0.2) is 8.42 Å². The number of hydrogen-bond acceptors (Lipinski definition) is 8. The van der Waals surface area contributed by atoms with Crippen LogP contribution in [0.15, 0.2) is 46.7 Å². The molecule has 0 radical (unpaired) electrons. The van der Waals surface area contributed by atoms with Crippen LogP contribution in [-0.4, -0.2) is 44.1 Å². The van der Waals surface area contributed by atoms with Crippen LogP contribution in [-0.2, 0) is 14.8 Å². The Morgan fingerprint density at radius 1 is 0.977 bits per heavy atom. The molecule has 9 nitrogen and oxygen atoms in total. The molecule has 2 rings (SSSR count). The maximum Gasteiger partial charge on any atom is 0.273 e. The van der Waals surface area contributed by atoms with Crippen molar-refractivity contribution in [1.29, 1.82) is 15.8 Å². The second kappa shape index (κ2) is 17.9. The molecule has 1 heterocycles. The molecule has 44 heavy (non-hydrogen) atoms. The van der Waals surface area contributed by atoms with Crippen molar-refractivity contribution in [3.05, 3.63) is 52.3 Å². The molecule has 1 amide bonds. The van der Waals surface area contributed by atoms with Crippen LogP contribution >= 0.6 is 0 Å². The maximum atomic E-state index is 13.4. The normalized spacial score (nSPS) is 14.0. The lowest BCUT2D eigenvalue weighted by Gasteiger charge is -2.26. The summed E-state index contributed by atoms with van der Waals surface area (Å²) in [7, 11) is -4.22. The molecule has 0 fully saturated rings. The molecule has 1 aliphatic rings. The number of rotatable bonds is 18. The summed E-state index contributed by atoms with van der Waals surface area (Å²) in [4.78, 5) is 15.8. The van der Waals surface area contributed by atoms with E-state index in [0.717, 1.165) is 70.1 Å². The second-order valence-corrected chi connectivity index (χ2v) is 12.9. The van der Waals surface area contributed by atoms with E-state index in [1.807, 2.05) is 24.3 Å². The lowest BCUT2D eigenvalue weighted by molar-refractivity contribution is -0.120. The van der Waals surface area contributed by atoms with E-state index >= 15 is 0 Å². The van der Waals surface area contributed by atoms with E-state index in [0.29, 0.717) is 28.1 Å². The molecular formula is C34H45N5O4S. The number of sulfonamides is 1. The Morgan fingerprint density at radius 2 is 1.61 bits per heavy atom. The van der Waals surface area contributed by atoms with Gasteiger partial charge in [0.05, 0.1) is 23.5 Å². The zero-order valence-corrected chi connectivity index (χ0v) is 27.5. The van der Waals surface area contributed by atoms with E-state index in [2.05, 4.69) is 32.6 Å². The number of nitrogens with zero attached hydrogens (tertiary/aromatic N) is 5. The number of ether oxygens (including phenoxy) is 1. The third-order valence-electron chi connectivity index (χ3n) is 7.71. The van der Waals surface area contributed by atoms with Crippen molar-refractivity contribution in [3.63, 3.8) is 0 Å². The standard InChI is InChI=1S/C34H45N5O4S/c1-6-11-14-26(9-4)25-43-32-21-29(38(19-12-7-2)20-13-8-3)17-15-27(32)16-18-30-31(24-37)33(28(22-35)23-36)39(34(30)40)44(41,42)10-5/h15-18,21,26H,6-14,19-20,25H2,1-5H3/b18-16+. The van der Waals surface area contributed by atoms with Gasteiger partial charge in [-0.3, -0.25) is 4.79 Å². The molecule has 10 heteroatoms. The number of benzene rings is 1. The van der Waals surface area contributed by atoms with Crippen molar-refractivity contribution in [3.8, 4) is 24.0 Å². The predicted molar refractivity (Wildman–Crippen MR) is 174 cm³/mol. The molecule has 1 atom stereocenters. The highest BCUT2D eigenvalue weighted by Gasteiger charge is 2.43. The summed E-state index contributed by atoms with van der Waals surface area (Å²) in [5.74, 6) is -0.426. The summed E-state index contributed by atoms with van der Waals surface area (Å²) in [5, 5.41) is 28.9. The average molecular weight is 620 g/mol. The number of amides is 1. The van der Waals surface area contributed by atoms with Gasteiger partial charge in [0.1, 0.15) is 29.7 Å². The van der Waals surface area contributed by atoms with Crippen molar-refractivity contribution in [2.24, 2.45) is 5.92 Å². The fourth-order valence-corrected chi connectivity index (χ4v) is 5.97. The fourth-order valence-electron chi connectivity index (χ4n) is 4.90. The molecule has 0 bridgehead atoms. The first-order valence-electron chi connectivity index (χ1n) is 15.6. The molecule has 1 aliphatic heterocycles. The smallest absolute Gasteiger partial charge is 0.273 e. The summed E-state index contributed by atoms with van der Waals surface area (Å²) in [6, 6.07) is 11.0. The first kappa shape index (κ1) is 36.1. The van der Waals surface area contributed by atoms with Crippen LogP contribution in [0.5, 0.6) is 5.75 Å². The molecule has 0 aliphatic carbocycles. The molecule has 236 valence electrons. The quantitative estimate of drug-likeness (QED) is 0.160. The lowest BCUT2D eigenvalue weighted by Crippen LogP contribution is -2.34. The summed E-state index contributed by atoms with van der Waals surface area (Å²) in [5.41, 5.74) is 0.0230. The van der Waals surface area contributed by atoms with Crippen molar-refractivity contribution in [1.82, 2.24) is 4.31 Å². The molecule has 0 saturated carbocycles. The van der Waals surface area contributed by atoms with Gasteiger partial charge in [-0.15, -0.1) is 0 Å². The zero-order valence-electron chi connectivity index (χ0n) is 26.7. The van der Waals surface area contributed by atoms with E-state index in [4.69, 9.17) is 4.74 Å². The van der Waals surface area contributed by atoms with Gasteiger partial charge in [0.25, 0.3) is 5.91 Å². The molecule has 0 spiro atoms. The van der Waals surface area contributed by atoms with Crippen LogP contribution in [0.2, 0.25) is 0 Å². The maximum absolute atomic E-state index is 13.4. The minimum absolute atomic E-state index is 0.209. The van der Waals surface area contributed by atoms with Gasteiger partial charge in [-0.2, -0.15) is 20.1 Å². The monoisotopic (exact) mass is 619 g/mol. The van der Waals surface area contributed by atoms with Gasteiger partial charge >= 0.3 is 0 Å². The Bertz CT molecular complexity index is 1460. The number of nitriles is 3. The summed E-state index contributed by atoms with van der Waals surface area (Å²) >= 11 is 0. The van der Waals surface area contributed by atoms with Crippen molar-refractivity contribution in [2.45, 2.75) is 86.0 Å². The van der Waals surface area contributed by atoms with Crippen LogP contribution in [0, 0.1) is 39.9 Å². The number of unbranched alkanes of at least 4 members (excludes halogenated alkanes) is 3. The highest BCUT2D eigenvalue weighted by Crippen LogP contribution is 2.36. The van der Waals surface area contributed by atoms with Crippen molar-refractivity contribution in [2.75, 3.05) is 30.3 Å². The Labute approximate surface area is 263 Å². The van der Waals surface area contributed by atoms with Crippen LogP contribution in [0.25, 0.3) is 6.08 Å². The minimum Gasteiger partial charge on any atom is -0.493 e. The number of anilines is 1. The summed E-state index contributed by atoms with van der Waals surface area (Å²) in [6.45, 7) is 12.4. The van der Waals surface area contributed by atoms with Crippen molar-refractivity contribution < 1.29 is 17.9 Å². The van der Waals surface area contributed by atoms with E-state index in [-0.39, 0.29) is 11.1 Å². The molecule has 1 aromatic rings. The van der Waals surface area contributed by atoms with E-state index in [1.165, 1.54) is 13.0 Å². The van der Waals surface area contributed by atoms with Gasteiger partial charge in [-0.05, 0) is 50.3 Å². The Hall–Kier alpha value is -4.07. The second-order valence-electron chi connectivity index (χ2n) is 10.8. The first-order valence-corrected chi connectivity index (χ1v) is 17.2. The average Bonchev–Trinajstić information content (AvgIpc) is 3.32. The molecular weight excluding hydrogens is 574 g/mol. The Kier molecular flexibility index (Phi) is 14.7. The fraction of sp³-hybridized carbons (Fsp3) is 0.529. The number of allylic oxidation sites excluding steroid dienone is 2. The van der Waals surface area contributed by atoms with Gasteiger partial charge in [-0.1, -0.05) is 65.9 Å². The molecule has 0 saturated heterocycles. The highest BCUT2D eigenvalue weighted by molar-refractivity contribution is 7.89. The summed E-state index contributed by atoms with van der Waals surface area (Å²) in [6.07, 6.45) is 11.5. The van der Waals surface area contributed by atoms with Gasteiger partial charge in [0.2, 0.25) is 10.0 Å². The third kappa shape index (κ3) is 8.97. The van der Waals surface area contributed by atoms with Gasteiger partial charge in [0.15, 0.2) is 5.57 Å². The first-order chi connectivity index (χ1) is 21.2. The molecule has 0 N–H and O–H groups in total. The topological polar surface area (TPSA) is 138 Å². The molecule has 0 aromatic heterocycles. The summed E-state index contributed by atoms with van der Waals surface area (Å²) < 4.78 is 32.6. The highest BCUT2D eigenvalue weighted by atomic mass is 32.2. The van der Waals surface area contributed by atoms with Crippen LogP contribution in [0.1, 0.15) is 91.5 Å². The number of carbonyl (C=O) groups is 1. The van der Waals surface area contributed by atoms with Crippen LogP contribution in [0.4, 0.5) is 5.69 Å². The lowest BCUT2D eigenvalue weighted by atomic mass is 10.0. The number of carbonyl (C=O) groups excluding carboxylic acids is 1. The van der Waals surface area contributed by atoms with E-state index in [9.17, 15) is 29.0 Å². The van der Waals surface area contributed by atoms with Gasteiger partial charge in [0, 0.05) is 30.4 Å². The van der Waals surface area contributed by atoms with Crippen LogP contribution in [0.3, 0.4) is 0 Å². The SMILES string of the molecule is CCCCC(CC)COc1cc(N(CCCC)CCCC)ccc1/C=C/C1=C(C#N)C(=C(C#N)C#N)N(S(=O)(=O)CC)C1=O.